The molecule has 0 amide bonds. The molecule has 0 fully saturated rings. The number of hydrogen-bond donors (Lipinski definition) is 1. The lowest BCUT2D eigenvalue weighted by atomic mass is 10.1. The average Bonchev–Trinajstić information content (AvgIpc) is 2.16. The van der Waals surface area contributed by atoms with Crippen LogP contribution in [0.4, 0.5) is 0 Å². The predicted molar refractivity (Wildman–Crippen MR) is 48.5 cm³/mol. The van der Waals surface area contributed by atoms with Crippen LogP contribution in [0, 0.1) is 12.3 Å². The first-order valence-corrected chi connectivity index (χ1v) is 3.88. The van der Waals surface area contributed by atoms with E-state index in [9.17, 15) is 4.79 Å². The van der Waals surface area contributed by atoms with Gasteiger partial charge in [0.05, 0.1) is 11.3 Å². The van der Waals surface area contributed by atoms with Crippen molar-refractivity contribution in [2.24, 2.45) is 0 Å². The summed E-state index contributed by atoms with van der Waals surface area (Å²) in [5.74, 6) is 1.40. The minimum Gasteiger partial charge on any atom is -0.478 e. The molecule has 0 aliphatic heterocycles. The molecular formula is C10H9NO2. The Balaban J connectivity index is 3.25. The van der Waals surface area contributed by atoms with Gasteiger partial charge < -0.3 is 5.11 Å². The molecule has 0 saturated carbocycles. The van der Waals surface area contributed by atoms with E-state index in [2.05, 4.69) is 10.9 Å². The van der Waals surface area contributed by atoms with E-state index in [1.807, 2.05) is 6.92 Å². The van der Waals surface area contributed by atoms with Crippen molar-refractivity contribution in [2.75, 3.05) is 0 Å². The molecule has 0 saturated heterocycles. The Kier molecular flexibility index (Phi) is 2.65. The summed E-state index contributed by atoms with van der Waals surface area (Å²) in [7, 11) is 0. The number of aryl methyl sites for hydroxylation is 1. The lowest BCUT2D eigenvalue weighted by Crippen LogP contribution is -2.04. The van der Waals surface area contributed by atoms with E-state index in [1.54, 1.807) is 0 Å². The zero-order valence-corrected chi connectivity index (χ0v) is 7.24. The van der Waals surface area contributed by atoms with Crippen LogP contribution in [0.15, 0.2) is 12.1 Å². The molecule has 1 aromatic rings. The highest BCUT2D eigenvalue weighted by molar-refractivity contribution is 5.88. The molecule has 66 valence electrons. The molecule has 0 bridgehead atoms. The third kappa shape index (κ3) is 1.85. The summed E-state index contributed by atoms with van der Waals surface area (Å²) in [6, 6.07) is 3.02. The van der Waals surface area contributed by atoms with Gasteiger partial charge in [0.15, 0.2) is 0 Å². The normalized spacial score (nSPS) is 9.23. The van der Waals surface area contributed by atoms with Crippen molar-refractivity contribution in [1.82, 2.24) is 4.98 Å². The van der Waals surface area contributed by atoms with Crippen molar-refractivity contribution < 1.29 is 9.90 Å². The van der Waals surface area contributed by atoms with Gasteiger partial charge in [-0.15, -0.1) is 6.42 Å². The summed E-state index contributed by atoms with van der Waals surface area (Å²) in [4.78, 5) is 14.7. The van der Waals surface area contributed by atoms with Crippen molar-refractivity contribution in [3.8, 4) is 12.3 Å². The van der Waals surface area contributed by atoms with Crippen molar-refractivity contribution >= 4 is 5.97 Å². The highest BCUT2D eigenvalue weighted by Crippen LogP contribution is 2.08. The van der Waals surface area contributed by atoms with Crippen LogP contribution in [0.25, 0.3) is 0 Å². The zero-order valence-electron chi connectivity index (χ0n) is 7.24. The van der Waals surface area contributed by atoms with Crippen LogP contribution in [0.1, 0.15) is 28.7 Å². The maximum atomic E-state index is 10.7. The third-order valence-electron chi connectivity index (χ3n) is 1.69. The fraction of sp³-hybridized carbons (Fsp3) is 0.200. The Labute approximate surface area is 76.4 Å². The smallest absolute Gasteiger partial charge is 0.337 e. The van der Waals surface area contributed by atoms with Gasteiger partial charge >= 0.3 is 5.97 Å². The summed E-state index contributed by atoms with van der Waals surface area (Å²) >= 11 is 0. The van der Waals surface area contributed by atoms with E-state index < -0.39 is 5.97 Å². The number of carbonyl (C=O) groups is 1. The second-order valence-corrected chi connectivity index (χ2v) is 2.49. The van der Waals surface area contributed by atoms with Gasteiger partial charge in [0.25, 0.3) is 0 Å². The van der Waals surface area contributed by atoms with Crippen LogP contribution in [0.2, 0.25) is 0 Å². The standard InChI is InChI=1S/C10H9NO2/c1-3-7-5-6-8(10(12)13)9(4-2)11-7/h1,5-6H,4H2,2H3,(H,12,13). The summed E-state index contributed by atoms with van der Waals surface area (Å²) in [5.41, 5.74) is 1.23. The highest BCUT2D eigenvalue weighted by atomic mass is 16.4. The molecule has 0 spiro atoms. The van der Waals surface area contributed by atoms with E-state index in [4.69, 9.17) is 11.5 Å². The van der Waals surface area contributed by atoms with Gasteiger partial charge in [-0.25, -0.2) is 9.78 Å². The first kappa shape index (κ1) is 9.27. The molecule has 1 N–H and O–H groups in total. The molecule has 0 aliphatic rings. The number of nitrogens with zero attached hydrogens (tertiary/aromatic N) is 1. The molecular weight excluding hydrogens is 166 g/mol. The maximum absolute atomic E-state index is 10.7. The molecule has 0 unspecified atom stereocenters. The van der Waals surface area contributed by atoms with Gasteiger partial charge in [-0.2, -0.15) is 0 Å². The molecule has 1 rings (SSSR count). The third-order valence-corrected chi connectivity index (χ3v) is 1.69. The lowest BCUT2D eigenvalue weighted by Gasteiger charge is -2.01. The van der Waals surface area contributed by atoms with Crippen LogP contribution in [-0.2, 0) is 6.42 Å². The SMILES string of the molecule is C#Cc1ccc(C(=O)O)c(CC)n1. The van der Waals surface area contributed by atoms with Crippen LogP contribution in [-0.4, -0.2) is 16.1 Å². The Morgan fingerprint density at radius 1 is 1.69 bits per heavy atom. The molecule has 0 aliphatic carbocycles. The summed E-state index contributed by atoms with van der Waals surface area (Å²) in [6.07, 6.45) is 5.71. The number of terminal acetylenes is 1. The molecule has 1 heterocycles. The highest BCUT2D eigenvalue weighted by Gasteiger charge is 2.09. The fourth-order valence-corrected chi connectivity index (χ4v) is 1.05. The Hall–Kier alpha value is -1.82. The molecule has 0 atom stereocenters. The number of carboxylic acids is 1. The predicted octanol–water partition coefficient (Wildman–Crippen LogP) is 1.32. The first-order valence-electron chi connectivity index (χ1n) is 3.88. The van der Waals surface area contributed by atoms with Crippen molar-refractivity contribution in [1.29, 1.82) is 0 Å². The van der Waals surface area contributed by atoms with Crippen molar-refractivity contribution in [3.05, 3.63) is 29.1 Å². The molecule has 1 aromatic heterocycles. The van der Waals surface area contributed by atoms with Crippen molar-refractivity contribution in [2.45, 2.75) is 13.3 Å². The molecule has 0 radical (unpaired) electrons. The number of aromatic carboxylic acids is 1. The van der Waals surface area contributed by atoms with Gasteiger partial charge in [0, 0.05) is 0 Å². The summed E-state index contributed by atoms with van der Waals surface area (Å²) < 4.78 is 0. The van der Waals surface area contributed by atoms with Crippen LogP contribution in [0.5, 0.6) is 0 Å². The van der Waals surface area contributed by atoms with Gasteiger partial charge in [0.2, 0.25) is 0 Å². The van der Waals surface area contributed by atoms with Gasteiger partial charge in [-0.05, 0) is 18.6 Å². The quantitative estimate of drug-likeness (QED) is 0.690. The maximum Gasteiger partial charge on any atom is 0.337 e. The first-order chi connectivity index (χ1) is 6.19. The minimum absolute atomic E-state index is 0.224. The zero-order chi connectivity index (χ0) is 9.84. The van der Waals surface area contributed by atoms with Gasteiger partial charge in [0.1, 0.15) is 5.69 Å². The minimum atomic E-state index is -0.965. The molecule has 3 heteroatoms. The monoisotopic (exact) mass is 175 g/mol. The molecule has 3 nitrogen and oxygen atoms in total. The number of aromatic nitrogens is 1. The number of hydrogen-bond acceptors (Lipinski definition) is 2. The van der Waals surface area contributed by atoms with Crippen LogP contribution >= 0.6 is 0 Å². The number of rotatable bonds is 2. The van der Waals surface area contributed by atoms with E-state index >= 15 is 0 Å². The topological polar surface area (TPSA) is 50.2 Å². The summed E-state index contributed by atoms with van der Waals surface area (Å²) in [5, 5.41) is 8.77. The second kappa shape index (κ2) is 3.72. The van der Waals surface area contributed by atoms with Crippen LogP contribution < -0.4 is 0 Å². The van der Waals surface area contributed by atoms with E-state index in [0.29, 0.717) is 17.8 Å². The Morgan fingerprint density at radius 3 is 2.85 bits per heavy atom. The largest absolute Gasteiger partial charge is 0.478 e. The lowest BCUT2D eigenvalue weighted by molar-refractivity contribution is 0.0695. The second-order valence-electron chi connectivity index (χ2n) is 2.49. The number of pyridine rings is 1. The van der Waals surface area contributed by atoms with Crippen LogP contribution in [0.3, 0.4) is 0 Å². The van der Waals surface area contributed by atoms with Gasteiger partial charge in [-0.1, -0.05) is 12.8 Å². The van der Waals surface area contributed by atoms with Crippen molar-refractivity contribution in [3.63, 3.8) is 0 Å². The van der Waals surface area contributed by atoms with E-state index in [0.717, 1.165) is 0 Å². The Bertz CT molecular complexity index is 377. The fourth-order valence-electron chi connectivity index (χ4n) is 1.05. The molecule has 0 aromatic carbocycles. The molecule has 13 heavy (non-hydrogen) atoms. The van der Waals surface area contributed by atoms with E-state index in [1.165, 1.54) is 12.1 Å². The Morgan fingerprint density at radius 2 is 2.38 bits per heavy atom. The number of carboxylic acid groups (broad SMARTS) is 1. The van der Waals surface area contributed by atoms with E-state index in [-0.39, 0.29) is 5.56 Å². The van der Waals surface area contributed by atoms with Gasteiger partial charge in [-0.3, -0.25) is 0 Å². The average molecular weight is 175 g/mol. The summed E-state index contributed by atoms with van der Waals surface area (Å²) in [6.45, 7) is 1.84.